The number of carbonyl (C=O) groups excluding carboxylic acids is 1. The number of alkyl halides is 3. The number of carbonyl (C=O) groups is 1. The number of ether oxygens (including phenoxy) is 3. The van der Waals surface area contributed by atoms with Crippen molar-refractivity contribution in [3.63, 3.8) is 0 Å². The van der Waals surface area contributed by atoms with Gasteiger partial charge in [-0.05, 0) is 12.1 Å². The first-order valence-corrected chi connectivity index (χ1v) is 6.95. The quantitative estimate of drug-likeness (QED) is 0.899. The van der Waals surface area contributed by atoms with Crippen molar-refractivity contribution in [2.45, 2.75) is 19.1 Å². The molecule has 128 valence electrons. The Hall–Kier alpha value is -2.00. The summed E-state index contributed by atoms with van der Waals surface area (Å²) in [5, 5.41) is 2.39. The highest BCUT2D eigenvalue weighted by Gasteiger charge is 2.32. The van der Waals surface area contributed by atoms with Crippen molar-refractivity contribution in [1.82, 2.24) is 4.90 Å². The van der Waals surface area contributed by atoms with E-state index in [9.17, 15) is 18.0 Å². The Labute approximate surface area is 131 Å². The van der Waals surface area contributed by atoms with Crippen molar-refractivity contribution in [1.29, 1.82) is 0 Å². The van der Waals surface area contributed by atoms with Gasteiger partial charge in [0.1, 0.15) is 0 Å². The van der Waals surface area contributed by atoms with Gasteiger partial charge in [0.2, 0.25) is 0 Å². The summed E-state index contributed by atoms with van der Waals surface area (Å²) >= 11 is 0. The molecule has 1 fully saturated rings. The van der Waals surface area contributed by atoms with Crippen molar-refractivity contribution < 1.29 is 32.2 Å². The average molecular weight is 334 g/mol. The van der Waals surface area contributed by atoms with Crippen LogP contribution in [0.5, 0.6) is 5.75 Å². The van der Waals surface area contributed by atoms with E-state index >= 15 is 0 Å². The van der Waals surface area contributed by atoms with Crippen LogP contribution in [0, 0.1) is 0 Å². The third-order valence-electron chi connectivity index (χ3n) is 3.09. The van der Waals surface area contributed by atoms with Gasteiger partial charge < -0.3 is 24.4 Å². The van der Waals surface area contributed by atoms with E-state index in [-0.39, 0.29) is 12.0 Å². The number of hydrogen-bond donors (Lipinski definition) is 1. The van der Waals surface area contributed by atoms with Crippen LogP contribution in [0.3, 0.4) is 0 Å². The fourth-order valence-electron chi connectivity index (χ4n) is 1.97. The number of hydrogen-bond acceptors (Lipinski definition) is 4. The minimum Gasteiger partial charge on any atom is -0.404 e. The summed E-state index contributed by atoms with van der Waals surface area (Å²) in [5.74, 6) is -0.468. The molecule has 0 spiro atoms. The van der Waals surface area contributed by atoms with Gasteiger partial charge in [0, 0.05) is 20.0 Å². The number of halogens is 3. The number of nitrogens with zero attached hydrogens (tertiary/aromatic N) is 1. The van der Waals surface area contributed by atoms with Gasteiger partial charge in [-0.1, -0.05) is 12.1 Å². The Morgan fingerprint density at radius 1 is 1.35 bits per heavy atom. The van der Waals surface area contributed by atoms with Crippen molar-refractivity contribution in [3.05, 3.63) is 24.3 Å². The highest BCUT2D eigenvalue weighted by Crippen LogP contribution is 2.30. The second-order valence-corrected chi connectivity index (χ2v) is 4.86. The lowest BCUT2D eigenvalue weighted by Gasteiger charge is -2.20. The molecule has 1 aliphatic heterocycles. The van der Waals surface area contributed by atoms with Gasteiger partial charge in [0.15, 0.2) is 12.0 Å². The van der Waals surface area contributed by atoms with Gasteiger partial charge >= 0.3 is 12.4 Å². The van der Waals surface area contributed by atoms with E-state index in [1.165, 1.54) is 30.1 Å². The topological polar surface area (TPSA) is 60.0 Å². The van der Waals surface area contributed by atoms with E-state index in [4.69, 9.17) is 9.47 Å². The van der Waals surface area contributed by atoms with E-state index in [0.717, 1.165) is 6.07 Å². The van der Waals surface area contributed by atoms with Crippen LogP contribution >= 0.6 is 0 Å². The van der Waals surface area contributed by atoms with Crippen LogP contribution in [0.1, 0.15) is 6.42 Å². The summed E-state index contributed by atoms with van der Waals surface area (Å²) in [4.78, 5) is 13.4. The van der Waals surface area contributed by atoms with Crippen LogP contribution in [0.4, 0.5) is 23.7 Å². The molecular formula is C14H17F3N2O4. The van der Waals surface area contributed by atoms with E-state index in [0.29, 0.717) is 26.2 Å². The number of anilines is 1. The van der Waals surface area contributed by atoms with Gasteiger partial charge in [-0.3, -0.25) is 0 Å². The third kappa shape index (κ3) is 5.61. The van der Waals surface area contributed by atoms with Crippen molar-refractivity contribution >= 4 is 11.7 Å². The standard InChI is InChI=1S/C14H17F3N2O4/c1-19(7-6-12-21-8-9-22-12)13(20)18-10-4-2-3-5-11(10)23-14(15,16)17/h2-5,12H,6-9H2,1H3,(H,18,20). The smallest absolute Gasteiger partial charge is 0.404 e. The third-order valence-corrected chi connectivity index (χ3v) is 3.09. The van der Waals surface area contributed by atoms with Crippen molar-refractivity contribution in [2.75, 3.05) is 32.1 Å². The number of rotatable bonds is 5. The molecule has 1 aromatic carbocycles. The highest BCUT2D eigenvalue weighted by atomic mass is 19.4. The molecule has 0 bridgehead atoms. The van der Waals surface area contributed by atoms with Crippen molar-refractivity contribution in [3.8, 4) is 5.75 Å². The normalized spacial score (nSPS) is 15.5. The van der Waals surface area contributed by atoms with E-state index in [1.54, 1.807) is 0 Å². The second kappa shape index (κ2) is 7.51. The molecule has 0 aromatic heterocycles. The molecule has 6 nitrogen and oxygen atoms in total. The lowest BCUT2D eigenvalue weighted by molar-refractivity contribution is -0.274. The van der Waals surface area contributed by atoms with Crippen LogP contribution < -0.4 is 10.1 Å². The van der Waals surface area contributed by atoms with Gasteiger partial charge in [0.25, 0.3) is 0 Å². The molecule has 9 heteroatoms. The maximum Gasteiger partial charge on any atom is 0.573 e. The first-order chi connectivity index (χ1) is 10.8. The van der Waals surface area contributed by atoms with Crippen molar-refractivity contribution in [2.24, 2.45) is 0 Å². The second-order valence-electron chi connectivity index (χ2n) is 4.86. The Bertz CT molecular complexity index is 533. The number of nitrogens with one attached hydrogen (secondary N) is 1. The Morgan fingerprint density at radius 2 is 2.00 bits per heavy atom. The minimum atomic E-state index is -4.83. The van der Waals surface area contributed by atoms with E-state index < -0.39 is 18.1 Å². The summed E-state index contributed by atoms with van der Waals surface area (Å²) in [6.07, 6.45) is -4.71. The summed E-state index contributed by atoms with van der Waals surface area (Å²) in [7, 11) is 1.53. The summed E-state index contributed by atoms with van der Waals surface area (Å²) in [6.45, 7) is 1.37. The largest absolute Gasteiger partial charge is 0.573 e. The van der Waals surface area contributed by atoms with E-state index in [1.807, 2.05) is 0 Å². The van der Waals surface area contributed by atoms with Crippen LogP contribution in [-0.2, 0) is 9.47 Å². The van der Waals surface area contributed by atoms with Crippen LogP contribution in [0.2, 0.25) is 0 Å². The first kappa shape index (κ1) is 17.4. The molecule has 1 saturated heterocycles. The Morgan fingerprint density at radius 3 is 2.65 bits per heavy atom. The van der Waals surface area contributed by atoms with Crippen LogP contribution in [0.25, 0.3) is 0 Å². The Balaban J connectivity index is 1.91. The molecule has 0 saturated carbocycles. The zero-order chi connectivity index (χ0) is 16.9. The average Bonchev–Trinajstić information content (AvgIpc) is 2.98. The van der Waals surface area contributed by atoms with Gasteiger partial charge in [-0.25, -0.2) is 4.79 Å². The number of benzene rings is 1. The molecule has 0 radical (unpaired) electrons. The molecule has 1 aliphatic rings. The SMILES string of the molecule is CN(CCC1OCCO1)C(=O)Nc1ccccc1OC(F)(F)F. The molecule has 1 aromatic rings. The van der Waals surface area contributed by atoms with Gasteiger partial charge in [0.05, 0.1) is 18.9 Å². The molecule has 1 heterocycles. The maximum absolute atomic E-state index is 12.3. The number of para-hydroxylation sites is 2. The molecule has 0 unspecified atom stereocenters. The number of amides is 2. The summed E-state index contributed by atoms with van der Waals surface area (Å²) < 4.78 is 51.4. The molecule has 0 atom stereocenters. The van der Waals surface area contributed by atoms with Crippen LogP contribution in [0.15, 0.2) is 24.3 Å². The predicted molar refractivity (Wildman–Crippen MR) is 75.1 cm³/mol. The monoisotopic (exact) mass is 334 g/mol. The lowest BCUT2D eigenvalue weighted by Crippen LogP contribution is -2.34. The fraction of sp³-hybridized carbons (Fsp3) is 0.500. The molecule has 2 amide bonds. The molecule has 2 rings (SSSR count). The Kier molecular flexibility index (Phi) is 5.67. The fourth-order valence-corrected chi connectivity index (χ4v) is 1.97. The predicted octanol–water partition coefficient (Wildman–Crippen LogP) is 2.81. The molecular weight excluding hydrogens is 317 g/mol. The minimum absolute atomic E-state index is 0.0601. The number of urea groups is 1. The highest BCUT2D eigenvalue weighted by molar-refractivity contribution is 5.90. The molecule has 23 heavy (non-hydrogen) atoms. The lowest BCUT2D eigenvalue weighted by atomic mass is 10.3. The first-order valence-electron chi connectivity index (χ1n) is 6.95. The molecule has 0 aliphatic carbocycles. The summed E-state index contributed by atoms with van der Waals surface area (Å²) in [5.41, 5.74) is -0.0601. The molecule has 1 N–H and O–H groups in total. The zero-order valence-corrected chi connectivity index (χ0v) is 12.4. The van der Waals surface area contributed by atoms with Crippen LogP contribution in [-0.4, -0.2) is 50.4 Å². The van der Waals surface area contributed by atoms with Gasteiger partial charge in [-0.15, -0.1) is 13.2 Å². The van der Waals surface area contributed by atoms with Gasteiger partial charge in [-0.2, -0.15) is 0 Å². The maximum atomic E-state index is 12.3. The van der Waals surface area contributed by atoms with E-state index in [2.05, 4.69) is 10.1 Å². The zero-order valence-electron chi connectivity index (χ0n) is 12.4. The summed E-state index contributed by atoms with van der Waals surface area (Å²) in [6, 6.07) is 4.79.